The third-order valence-corrected chi connectivity index (χ3v) is 7.23. The minimum atomic E-state index is -0.239. The molecule has 0 aliphatic carbocycles. The van der Waals surface area contributed by atoms with Crippen molar-refractivity contribution in [1.82, 2.24) is 24.7 Å². The van der Waals surface area contributed by atoms with Crippen LogP contribution in [0.1, 0.15) is 47.6 Å². The fraction of sp³-hybridized carbons (Fsp3) is 0.560. The standard InChI is InChI=1S/C25H35N5O3S/c1-18-17-20(19(2)29(18)11-6-10-28-13-15-33-16-14-28)24-23(21-7-4-5-9-26-21)27-25(34)30(24)12-8-22(31)32-3/h4-5,7,9,17,23-24H,6,8,10-16H2,1-3H3,(H,27,34)/t23-,24+/m1/s1. The van der Waals surface area contributed by atoms with Gasteiger partial charge in [0.15, 0.2) is 5.11 Å². The molecule has 4 heterocycles. The fourth-order valence-electron chi connectivity index (χ4n) is 5.05. The lowest BCUT2D eigenvalue weighted by Crippen LogP contribution is -2.37. The number of aromatic nitrogens is 2. The van der Waals surface area contributed by atoms with E-state index in [1.807, 2.05) is 24.4 Å². The number of carbonyl (C=O) groups is 1. The largest absolute Gasteiger partial charge is 0.469 e. The summed E-state index contributed by atoms with van der Waals surface area (Å²) in [4.78, 5) is 21.1. The Bertz CT molecular complexity index is 990. The minimum Gasteiger partial charge on any atom is -0.469 e. The van der Waals surface area contributed by atoms with E-state index in [1.165, 1.54) is 24.1 Å². The van der Waals surface area contributed by atoms with Gasteiger partial charge in [0.2, 0.25) is 0 Å². The van der Waals surface area contributed by atoms with Crippen LogP contribution in [0.5, 0.6) is 0 Å². The first-order valence-electron chi connectivity index (χ1n) is 12.0. The maximum Gasteiger partial charge on any atom is 0.307 e. The zero-order valence-electron chi connectivity index (χ0n) is 20.3. The molecule has 0 unspecified atom stereocenters. The molecule has 2 fully saturated rings. The smallest absolute Gasteiger partial charge is 0.307 e. The predicted molar refractivity (Wildman–Crippen MR) is 135 cm³/mol. The zero-order valence-corrected chi connectivity index (χ0v) is 21.1. The van der Waals surface area contributed by atoms with E-state index in [1.54, 1.807) is 0 Å². The number of nitrogens with one attached hydrogen (secondary N) is 1. The normalized spacial score (nSPS) is 21.0. The van der Waals surface area contributed by atoms with Gasteiger partial charge in [0, 0.05) is 50.3 Å². The number of esters is 1. The van der Waals surface area contributed by atoms with Crippen molar-refractivity contribution in [3.63, 3.8) is 0 Å². The highest BCUT2D eigenvalue weighted by molar-refractivity contribution is 7.80. The molecule has 0 radical (unpaired) electrons. The molecular weight excluding hydrogens is 450 g/mol. The Hall–Kier alpha value is -2.49. The molecule has 184 valence electrons. The average Bonchev–Trinajstić information content (AvgIpc) is 3.33. The molecular formula is C25H35N5O3S. The van der Waals surface area contributed by atoms with Crippen molar-refractivity contribution < 1.29 is 14.3 Å². The first-order chi connectivity index (χ1) is 16.5. The Balaban J connectivity index is 1.57. The van der Waals surface area contributed by atoms with Crippen LogP contribution in [0.15, 0.2) is 30.5 Å². The molecule has 0 bridgehead atoms. The maximum atomic E-state index is 11.9. The molecule has 9 heteroatoms. The fourth-order valence-corrected chi connectivity index (χ4v) is 5.38. The summed E-state index contributed by atoms with van der Waals surface area (Å²) < 4.78 is 12.8. The van der Waals surface area contributed by atoms with E-state index in [9.17, 15) is 4.79 Å². The van der Waals surface area contributed by atoms with E-state index in [4.69, 9.17) is 21.7 Å². The van der Waals surface area contributed by atoms with Crippen LogP contribution in [-0.2, 0) is 20.8 Å². The molecule has 0 saturated carbocycles. The van der Waals surface area contributed by atoms with Gasteiger partial charge in [0.1, 0.15) is 0 Å². The third kappa shape index (κ3) is 5.42. The number of morpholine rings is 1. The van der Waals surface area contributed by atoms with Crippen LogP contribution in [0.25, 0.3) is 0 Å². The lowest BCUT2D eigenvalue weighted by Gasteiger charge is -2.28. The lowest BCUT2D eigenvalue weighted by atomic mass is 9.96. The highest BCUT2D eigenvalue weighted by Crippen LogP contribution is 2.40. The van der Waals surface area contributed by atoms with Gasteiger partial charge in [-0.05, 0) is 56.2 Å². The summed E-state index contributed by atoms with van der Waals surface area (Å²) in [5, 5.41) is 4.11. The van der Waals surface area contributed by atoms with E-state index in [-0.39, 0.29) is 24.5 Å². The molecule has 2 aromatic rings. The van der Waals surface area contributed by atoms with Gasteiger partial charge in [-0.2, -0.15) is 0 Å². The summed E-state index contributed by atoms with van der Waals surface area (Å²) in [5.74, 6) is -0.239. The average molecular weight is 486 g/mol. The highest BCUT2D eigenvalue weighted by atomic mass is 32.1. The van der Waals surface area contributed by atoms with E-state index in [2.05, 4.69) is 44.6 Å². The molecule has 0 aromatic carbocycles. The second-order valence-electron chi connectivity index (χ2n) is 8.93. The molecule has 2 aliphatic rings. The van der Waals surface area contributed by atoms with Gasteiger partial charge in [0.05, 0.1) is 44.5 Å². The van der Waals surface area contributed by atoms with Crippen LogP contribution in [0.3, 0.4) is 0 Å². The van der Waals surface area contributed by atoms with Crippen molar-refractivity contribution in [1.29, 1.82) is 0 Å². The summed E-state index contributed by atoms with van der Waals surface area (Å²) in [6, 6.07) is 8.07. The lowest BCUT2D eigenvalue weighted by molar-refractivity contribution is -0.140. The first kappa shape index (κ1) is 24.6. The summed E-state index contributed by atoms with van der Waals surface area (Å²) in [7, 11) is 1.42. The van der Waals surface area contributed by atoms with Crippen LogP contribution in [0.2, 0.25) is 0 Å². The zero-order chi connectivity index (χ0) is 24.1. The number of pyridine rings is 1. The Kier molecular flexibility index (Phi) is 8.18. The Morgan fingerprint density at radius 2 is 2.03 bits per heavy atom. The molecule has 0 amide bonds. The number of nitrogens with zero attached hydrogens (tertiary/aromatic N) is 4. The summed E-state index contributed by atoms with van der Waals surface area (Å²) in [6.45, 7) is 10.6. The molecule has 34 heavy (non-hydrogen) atoms. The van der Waals surface area contributed by atoms with Gasteiger partial charge >= 0.3 is 5.97 Å². The highest BCUT2D eigenvalue weighted by Gasteiger charge is 2.41. The molecule has 2 saturated heterocycles. The molecule has 0 spiro atoms. The number of aryl methyl sites for hydroxylation is 1. The Morgan fingerprint density at radius 1 is 1.24 bits per heavy atom. The van der Waals surface area contributed by atoms with Crippen LogP contribution in [-0.4, -0.2) is 76.9 Å². The summed E-state index contributed by atoms with van der Waals surface area (Å²) >= 11 is 5.72. The van der Waals surface area contributed by atoms with Gasteiger partial charge in [-0.25, -0.2) is 0 Å². The summed E-state index contributed by atoms with van der Waals surface area (Å²) in [5.41, 5.74) is 4.63. The number of ether oxygens (including phenoxy) is 2. The molecule has 8 nitrogen and oxygen atoms in total. The second-order valence-corrected chi connectivity index (χ2v) is 9.32. The van der Waals surface area contributed by atoms with E-state index in [0.29, 0.717) is 11.7 Å². The SMILES string of the molecule is COC(=O)CCN1C(=S)N[C@H](c2ccccn2)[C@@H]1c1cc(C)n(CCCN2CCOCC2)c1C. The van der Waals surface area contributed by atoms with Crippen molar-refractivity contribution in [3.8, 4) is 0 Å². The minimum absolute atomic E-state index is 0.0498. The van der Waals surface area contributed by atoms with Gasteiger partial charge in [-0.3, -0.25) is 14.7 Å². The van der Waals surface area contributed by atoms with Gasteiger partial charge in [-0.15, -0.1) is 0 Å². The van der Waals surface area contributed by atoms with Crippen molar-refractivity contribution >= 4 is 23.3 Å². The van der Waals surface area contributed by atoms with Crippen LogP contribution >= 0.6 is 12.2 Å². The van der Waals surface area contributed by atoms with Crippen LogP contribution in [0, 0.1) is 13.8 Å². The Morgan fingerprint density at radius 3 is 2.74 bits per heavy atom. The van der Waals surface area contributed by atoms with Crippen LogP contribution in [0.4, 0.5) is 0 Å². The van der Waals surface area contributed by atoms with Crippen molar-refractivity contribution in [3.05, 3.63) is 53.1 Å². The van der Waals surface area contributed by atoms with Crippen molar-refractivity contribution in [2.24, 2.45) is 0 Å². The third-order valence-electron chi connectivity index (χ3n) is 6.87. The summed E-state index contributed by atoms with van der Waals surface area (Å²) in [6.07, 6.45) is 3.18. The van der Waals surface area contributed by atoms with E-state index in [0.717, 1.165) is 51.5 Å². The van der Waals surface area contributed by atoms with Gasteiger partial charge in [-0.1, -0.05) is 6.07 Å². The molecule has 2 atom stereocenters. The van der Waals surface area contributed by atoms with Crippen molar-refractivity contribution in [2.75, 3.05) is 46.5 Å². The van der Waals surface area contributed by atoms with Crippen LogP contribution < -0.4 is 5.32 Å². The number of methoxy groups -OCH3 is 1. The maximum absolute atomic E-state index is 11.9. The number of carbonyl (C=O) groups excluding carboxylic acids is 1. The first-order valence-corrected chi connectivity index (χ1v) is 12.4. The second kappa shape index (κ2) is 11.3. The predicted octanol–water partition coefficient (Wildman–Crippen LogP) is 2.76. The molecule has 1 N–H and O–H groups in total. The van der Waals surface area contributed by atoms with Crippen molar-refractivity contribution in [2.45, 2.75) is 45.3 Å². The van der Waals surface area contributed by atoms with E-state index >= 15 is 0 Å². The Labute approximate surface area is 207 Å². The number of thiocarbonyl (C=S) groups is 1. The number of rotatable bonds is 9. The molecule has 2 aliphatic heterocycles. The topological polar surface area (TPSA) is 71.9 Å². The number of hydrogen-bond acceptors (Lipinski definition) is 6. The quantitative estimate of drug-likeness (QED) is 0.430. The monoisotopic (exact) mass is 485 g/mol. The number of hydrogen-bond donors (Lipinski definition) is 1. The van der Waals surface area contributed by atoms with Gasteiger partial charge < -0.3 is 24.3 Å². The van der Waals surface area contributed by atoms with Gasteiger partial charge in [0.25, 0.3) is 0 Å². The molecule has 2 aromatic heterocycles. The molecule has 4 rings (SSSR count). The van der Waals surface area contributed by atoms with E-state index < -0.39 is 0 Å².